The lowest BCUT2D eigenvalue weighted by atomic mass is 9.86. The van der Waals surface area contributed by atoms with Crippen molar-refractivity contribution >= 4 is 0 Å². The zero-order chi connectivity index (χ0) is 19.6. The third-order valence-corrected chi connectivity index (χ3v) is 3.51. The lowest BCUT2D eigenvalue weighted by Crippen LogP contribution is -2.69. The highest BCUT2D eigenvalue weighted by Gasteiger charge is 2.78. The molecule has 0 bridgehead atoms. The summed E-state index contributed by atoms with van der Waals surface area (Å²) >= 11 is 0. The van der Waals surface area contributed by atoms with E-state index in [0.717, 1.165) is 0 Å². The fraction of sp³-hybridized carbons (Fsp3) is 1.00. The van der Waals surface area contributed by atoms with E-state index < -0.39 is 53.3 Å². The molecule has 0 saturated carbocycles. The Morgan fingerprint density at radius 3 is 1.29 bits per heavy atom. The third kappa shape index (κ3) is 3.39. The summed E-state index contributed by atoms with van der Waals surface area (Å²) in [6.07, 6.45) is -26.8. The van der Waals surface area contributed by atoms with Gasteiger partial charge in [0.15, 0.2) is 0 Å². The van der Waals surface area contributed by atoms with Gasteiger partial charge in [-0.2, -0.15) is 52.7 Å². The van der Waals surface area contributed by atoms with E-state index in [1.54, 1.807) is 0 Å². The molecule has 0 spiro atoms. The van der Waals surface area contributed by atoms with Crippen molar-refractivity contribution in [2.75, 3.05) is 0 Å². The second kappa shape index (κ2) is 5.29. The number of hydrazine groups is 1. The topological polar surface area (TPSA) is 15.3 Å². The fourth-order valence-electron chi connectivity index (χ4n) is 2.51. The van der Waals surface area contributed by atoms with Gasteiger partial charge in [0.25, 0.3) is 0 Å². The molecule has 0 aromatic rings. The Kier molecular flexibility index (Phi) is 4.65. The molecule has 24 heavy (non-hydrogen) atoms. The van der Waals surface area contributed by atoms with Crippen LogP contribution in [0.1, 0.15) is 20.3 Å². The molecule has 0 amide bonds. The summed E-state index contributed by atoms with van der Waals surface area (Å²) in [7, 11) is 0. The summed E-state index contributed by atoms with van der Waals surface area (Å²) in [4.78, 5) is 0. The van der Waals surface area contributed by atoms with Crippen LogP contribution in [0.2, 0.25) is 0 Å². The molecule has 0 unspecified atom stereocenters. The average molecular weight is 386 g/mol. The van der Waals surface area contributed by atoms with Gasteiger partial charge in [0, 0.05) is 12.0 Å². The van der Waals surface area contributed by atoms with Gasteiger partial charge in [0.1, 0.15) is 0 Å². The quantitative estimate of drug-likeness (QED) is 0.675. The standard InChI is InChI=1S/C10H10F12N2/c1-5(2)3-6(9(17,18)19,10(20,21)22)23-24(5)4(7(11,12)13)8(14,15)16/h4,23H,3H2,1-2H3. The summed E-state index contributed by atoms with van der Waals surface area (Å²) in [6, 6.07) is -4.55. The van der Waals surface area contributed by atoms with Crippen LogP contribution in [0.3, 0.4) is 0 Å². The molecule has 14 heteroatoms. The summed E-state index contributed by atoms with van der Waals surface area (Å²) in [5.41, 5.74) is -7.26. The first kappa shape index (κ1) is 21.1. The van der Waals surface area contributed by atoms with Gasteiger partial charge in [-0.1, -0.05) is 0 Å². The fourth-order valence-corrected chi connectivity index (χ4v) is 2.51. The Morgan fingerprint density at radius 2 is 1.08 bits per heavy atom. The second-order valence-electron chi connectivity index (χ2n) is 5.86. The Labute approximate surface area is 126 Å². The number of hydrogen-bond acceptors (Lipinski definition) is 2. The molecule has 144 valence electrons. The van der Waals surface area contributed by atoms with Crippen molar-refractivity contribution in [2.24, 2.45) is 0 Å². The molecule has 1 aliphatic rings. The number of nitrogens with one attached hydrogen (secondary N) is 1. The van der Waals surface area contributed by atoms with Crippen LogP contribution in [0.25, 0.3) is 0 Å². The van der Waals surface area contributed by atoms with E-state index in [2.05, 4.69) is 0 Å². The van der Waals surface area contributed by atoms with Crippen molar-refractivity contribution in [3.05, 3.63) is 0 Å². The SMILES string of the molecule is CC1(C)CC(C(F)(F)F)(C(F)(F)F)NN1C(C(F)(F)F)C(F)(F)F. The molecular formula is C10H10F12N2. The molecule has 1 heterocycles. The van der Waals surface area contributed by atoms with Crippen molar-refractivity contribution in [2.45, 2.75) is 62.1 Å². The molecule has 0 aromatic carbocycles. The van der Waals surface area contributed by atoms with E-state index in [1.165, 1.54) is 0 Å². The van der Waals surface area contributed by atoms with E-state index in [4.69, 9.17) is 0 Å². The zero-order valence-electron chi connectivity index (χ0n) is 11.8. The van der Waals surface area contributed by atoms with Crippen LogP contribution in [0.15, 0.2) is 0 Å². The van der Waals surface area contributed by atoms with Crippen molar-refractivity contribution in [1.29, 1.82) is 0 Å². The minimum atomic E-state index is -6.18. The first-order chi connectivity index (χ1) is 10.2. The van der Waals surface area contributed by atoms with Crippen LogP contribution >= 0.6 is 0 Å². The first-order valence-electron chi connectivity index (χ1n) is 6.01. The van der Waals surface area contributed by atoms with Crippen molar-refractivity contribution in [3.63, 3.8) is 0 Å². The smallest absolute Gasteiger partial charge is 0.231 e. The van der Waals surface area contributed by atoms with Gasteiger partial charge in [0.05, 0.1) is 0 Å². The van der Waals surface area contributed by atoms with Crippen LogP contribution in [0.5, 0.6) is 0 Å². The van der Waals surface area contributed by atoms with Crippen LogP contribution in [-0.2, 0) is 0 Å². The number of hydrogen-bond donors (Lipinski definition) is 1. The van der Waals surface area contributed by atoms with Gasteiger partial charge in [0.2, 0.25) is 11.6 Å². The van der Waals surface area contributed by atoms with Gasteiger partial charge >= 0.3 is 24.7 Å². The highest BCUT2D eigenvalue weighted by molar-refractivity contribution is 5.13. The highest BCUT2D eigenvalue weighted by Crippen LogP contribution is 2.54. The molecule has 0 radical (unpaired) electrons. The monoisotopic (exact) mass is 386 g/mol. The number of alkyl halides is 12. The maximum absolute atomic E-state index is 12.9. The van der Waals surface area contributed by atoms with Gasteiger partial charge in [-0.25, -0.2) is 10.4 Å². The minimum Gasteiger partial charge on any atom is -0.231 e. The first-order valence-corrected chi connectivity index (χ1v) is 6.01. The Balaban J connectivity index is 3.53. The molecule has 1 aliphatic heterocycles. The average Bonchev–Trinajstić information content (AvgIpc) is 2.45. The zero-order valence-corrected chi connectivity index (χ0v) is 11.8. The van der Waals surface area contributed by atoms with E-state index in [9.17, 15) is 52.7 Å². The van der Waals surface area contributed by atoms with Crippen molar-refractivity contribution in [3.8, 4) is 0 Å². The van der Waals surface area contributed by atoms with E-state index in [-0.39, 0.29) is 0 Å². The lowest BCUT2D eigenvalue weighted by molar-refractivity contribution is -0.327. The third-order valence-electron chi connectivity index (χ3n) is 3.51. The van der Waals surface area contributed by atoms with Gasteiger partial charge in [-0.05, 0) is 13.8 Å². The largest absolute Gasteiger partial charge is 0.416 e. The van der Waals surface area contributed by atoms with Crippen molar-refractivity contribution in [1.82, 2.24) is 10.4 Å². The van der Waals surface area contributed by atoms with E-state index >= 15 is 0 Å². The minimum absolute atomic E-state index is 0.420. The van der Waals surface area contributed by atoms with Gasteiger partial charge in [-0.3, -0.25) is 0 Å². The summed E-state index contributed by atoms with van der Waals surface area (Å²) in [5.74, 6) is 0. The van der Waals surface area contributed by atoms with E-state index in [0.29, 0.717) is 19.3 Å². The molecular weight excluding hydrogens is 376 g/mol. The van der Waals surface area contributed by atoms with Crippen LogP contribution in [0.4, 0.5) is 52.7 Å². The number of halogens is 12. The summed E-state index contributed by atoms with van der Waals surface area (Å²) < 4.78 is 154. The van der Waals surface area contributed by atoms with Gasteiger partial charge < -0.3 is 0 Å². The van der Waals surface area contributed by atoms with Crippen molar-refractivity contribution < 1.29 is 52.7 Å². The van der Waals surface area contributed by atoms with E-state index in [1.807, 2.05) is 0 Å². The van der Waals surface area contributed by atoms with Gasteiger partial charge in [-0.15, -0.1) is 0 Å². The second-order valence-corrected chi connectivity index (χ2v) is 5.86. The number of rotatable bonds is 1. The Bertz CT molecular complexity index is 440. The predicted molar refractivity (Wildman–Crippen MR) is 54.4 cm³/mol. The molecule has 1 rings (SSSR count). The number of nitrogens with zero attached hydrogens (tertiary/aromatic N) is 1. The summed E-state index contributed by atoms with van der Waals surface area (Å²) in [5, 5.41) is -1.06. The molecule has 1 fully saturated rings. The Hall–Kier alpha value is -0.920. The van der Waals surface area contributed by atoms with Crippen LogP contribution < -0.4 is 5.43 Å². The molecule has 1 saturated heterocycles. The molecule has 2 nitrogen and oxygen atoms in total. The predicted octanol–water partition coefficient (Wildman–Crippen LogP) is 4.33. The van der Waals surface area contributed by atoms with Crippen LogP contribution in [-0.4, -0.2) is 46.8 Å². The molecule has 0 aromatic heterocycles. The highest BCUT2D eigenvalue weighted by atomic mass is 19.4. The Morgan fingerprint density at radius 1 is 0.750 bits per heavy atom. The summed E-state index contributed by atoms with van der Waals surface area (Å²) in [6.45, 7) is 0.841. The molecule has 0 aliphatic carbocycles. The maximum atomic E-state index is 12.9. The lowest BCUT2D eigenvalue weighted by Gasteiger charge is -2.39. The normalized spacial score (nSPS) is 23.1. The molecule has 1 N–H and O–H groups in total. The van der Waals surface area contributed by atoms with Crippen LogP contribution in [0, 0.1) is 0 Å². The molecule has 0 atom stereocenters. The maximum Gasteiger partial charge on any atom is 0.416 e.